The number of hydrogen-bond acceptors (Lipinski definition) is 4. The smallest absolute Gasteiger partial charge is 0.271 e. The van der Waals surface area contributed by atoms with E-state index in [0.29, 0.717) is 17.4 Å². The number of H-pyrrole nitrogens is 1. The maximum Gasteiger partial charge on any atom is 0.271 e. The third-order valence-corrected chi connectivity index (χ3v) is 3.35. The van der Waals surface area contributed by atoms with E-state index in [0.717, 1.165) is 11.1 Å². The van der Waals surface area contributed by atoms with Gasteiger partial charge in [0.2, 0.25) is 0 Å². The van der Waals surface area contributed by atoms with Gasteiger partial charge in [-0.05, 0) is 11.6 Å². The molecule has 0 bridgehead atoms. The van der Waals surface area contributed by atoms with Crippen LogP contribution in [0.15, 0.2) is 35.4 Å². The minimum Gasteiger partial charge on any atom is -0.389 e. The van der Waals surface area contributed by atoms with Gasteiger partial charge in [0.05, 0.1) is 6.33 Å². The van der Waals surface area contributed by atoms with Gasteiger partial charge in [0.15, 0.2) is 5.82 Å². The first-order valence-corrected chi connectivity index (χ1v) is 6.60. The van der Waals surface area contributed by atoms with Crippen LogP contribution in [0.1, 0.15) is 11.1 Å². The van der Waals surface area contributed by atoms with Crippen molar-refractivity contribution in [1.82, 2.24) is 9.97 Å². The largest absolute Gasteiger partial charge is 0.389 e. The van der Waals surface area contributed by atoms with Gasteiger partial charge in [0.25, 0.3) is 5.56 Å². The van der Waals surface area contributed by atoms with Crippen LogP contribution in [0, 0.1) is 0 Å². The summed E-state index contributed by atoms with van der Waals surface area (Å²) in [7, 11) is 1.81. The molecule has 3 N–H and O–H groups in total. The summed E-state index contributed by atoms with van der Waals surface area (Å²) in [6.45, 7) is 0.534. The molecule has 1 aromatic heterocycles. The Morgan fingerprint density at radius 1 is 1.55 bits per heavy atom. The minimum absolute atomic E-state index is 0.0699. The molecule has 0 aliphatic carbocycles. The Bertz CT molecular complexity index is 701. The third-order valence-electron chi connectivity index (χ3n) is 2.77. The van der Waals surface area contributed by atoms with E-state index in [-0.39, 0.29) is 10.6 Å². The number of rotatable bonds is 4. The highest BCUT2D eigenvalue weighted by Crippen LogP contribution is 2.19. The van der Waals surface area contributed by atoms with Gasteiger partial charge in [0, 0.05) is 19.2 Å². The Kier molecular flexibility index (Phi) is 4.36. The van der Waals surface area contributed by atoms with Crippen molar-refractivity contribution in [3.63, 3.8) is 0 Å². The van der Waals surface area contributed by atoms with E-state index in [1.165, 1.54) is 6.33 Å². The van der Waals surface area contributed by atoms with Crippen molar-refractivity contribution < 1.29 is 0 Å². The van der Waals surface area contributed by atoms with E-state index >= 15 is 0 Å². The number of thiocarbonyl (C=S) groups is 1. The second-order valence-corrected chi connectivity index (χ2v) is 5.11. The van der Waals surface area contributed by atoms with Crippen molar-refractivity contribution in [2.45, 2.75) is 6.54 Å². The van der Waals surface area contributed by atoms with Gasteiger partial charge in [-0.2, -0.15) is 0 Å². The maximum absolute atomic E-state index is 11.5. The molecule has 1 aromatic carbocycles. The Morgan fingerprint density at radius 3 is 3.00 bits per heavy atom. The molecule has 0 amide bonds. The number of nitrogens with one attached hydrogen (secondary N) is 1. The lowest BCUT2D eigenvalue weighted by Gasteiger charge is -2.19. The molecule has 5 nitrogen and oxygen atoms in total. The fraction of sp³-hybridized carbons (Fsp3) is 0.154. The summed E-state index contributed by atoms with van der Waals surface area (Å²) in [5.74, 6) is 0.427. The van der Waals surface area contributed by atoms with Crippen LogP contribution in [0.5, 0.6) is 0 Å². The van der Waals surface area contributed by atoms with Crippen LogP contribution < -0.4 is 16.2 Å². The van der Waals surface area contributed by atoms with Gasteiger partial charge < -0.3 is 15.6 Å². The maximum atomic E-state index is 11.5. The first-order chi connectivity index (χ1) is 9.49. The molecule has 20 heavy (non-hydrogen) atoms. The van der Waals surface area contributed by atoms with Crippen molar-refractivity contribution in [2.24, 2.45) is 5.73 Å². The Hall–Kier alpha value is -1.92. The van der Waals surface area contributed by atoms with E-state index in [1.807, 2.05) is 24.3 Å². The van der Waals surface area contributed by atoms with Crippen LogP contribution in [-0.2, 0) is 6.54 Å². The van der Waals surface area contributed by atoms with Gasteiger partial charge in [-0.25, -0.2) is 4.98 Å². The molecular formula is C13H13ClN4OS. The minimum atomic E-state index is -0.361. The monoisotopic (exact) mass is 308 g/mol. The van der Waals surface area contributed by atoms with Crippen molar-refractivity contribution in [2.75, 3.05) is 11.9 Å². The highest BCUT2D eigenvalue weighted by atomic mass is 35.5. The number of aromatic amines is 1. The number of nitrogens with two attached hydrogens (primary N) is 1. The van der Waals surface area contributed by atoms with Crippen molar-refractivity contribution in [3.8, 4) is 0 Å². The molecule has 0 saturated heterocycles. The van der Waals surface area contributed by atoms with Crippen molar-refractivity contribution >= 4 is 34.6 Å². The number of nitrogens with zero attached hydrogens (tertiary/aromatic N) is 2. The van der Waals surface area contributed by atoms with Gasteiger partial charge in [0.1, 0.15) is 10.0 Å². The quantitative estimate of drug-likeness (QED) is 0.841. The van der Waals surface area contributed by atoms with E-state index in [1.54, 1.807) is 11.9 Å². The normalized spacial score (nSPS) is 10.3. The van der Waals surface area contributed by atoms with E-state index in [2.05, 4.69) is 9.97 Å². The number of benzene rings is 1. The summed E-state index contributed by atoms with van der Waals surface area (Å²) in [5, 5.41) is 0.0699. The zero-order chi connectivity index (χ0) is 14.7. The molecule has 0 unspecified atom stereocenters. The summed E-state index contributed by atoms with van der Waals surface area (Å²) in [6, 6.07) is 7.58. The molecule has 0 radical (unpaired) electrons. The predicted octanol–water partition coefficient (Wildman–Crippen LogP) is 1.69. The molecule has 2 aromatic rings. The number of anilines is 1. The summed E-state index contributed by atoms with van der Waals surface area (Å²) in [4.78, 5) is 20.1. The second kappa shape index (κ2) is 6.02. The topological polar surface area (TPSA) is 75.0 Å². The van der Waals surface area contributed by atoms with Crippen LogP contribution in [0.2, 0.25) is 5.02 Å². The Balaban J connectivity index is 2.25. The highest BCUT2D eigenvalue weighted by Gasteiger charge is 2.11. The summed E-state index contributed by atoms with van der Waals surface area (Å²) in [5.41, 5.74) is 7.04. The van der Waals surface area contributed by atoms with Crippen LogP contribution >= 0.6 is 23.8 Å². The molecule has 104 valence electrons. The number of halogens is 1. The highest BCUT2D eigenvalue weighted by molar-refractivity contribution is 7.80. The Labute approximate surface area is 126 Å². The van der Waals surface area contributed by atoms with Crippen LogP contribution in [0.3, 0.4) is 0 Å². The number of hydrogen-bond donors (Lipinski definition) is 2. The zero-order valence-corrected chi connectivity index (χ0v) is 12.3. The molecule has 2 rings (SSSR count). The SMILES string of the molecule is CN(Cc1cccc(C(N)=S)c1)c1nc[nH]c(=O)c1Cl. The average molecular weight is 309 g/mol. The molecule has 1 heterocycles. The van der Waals surface area contributed by atoms with Gasteiger partial charge in [-0.1, -0.05) is 42.0 Å². The van der Waals surface area contributed by atoms with E-state index in [4.69, 9.17) is 29.6 Å². The van der Waals surface area contributed by atoms with Crippen LogP contribution in [0.25, 0.3) is 0 Å². The third kappa shape index (κ3) is 3.15. The fourth-order valence-corrected chi connectivity index (χ4v) is 2.19. The first kappa shape index (κ1) is 14.5. The molecular weight excluding hydrogens is 296 g/mol. The molecule has 0 aliphatic rings. The van der Waals surface area contributed by atoms with Crippen LogP contribution in [0.4, 0.5) is 5.82 Å². The molecule has 0 aliphatic heterocycles. The van der Waals surface area contributed by atoms with Gasteiger partial charge in [-0.3, -0.25) is 4.79 Å². The lowest BCUT2D eigenvalue weighted by molar-refractivity contribution is 0.887. The first-order valence-electron chi connectivity index (χ1n) is 5.82. The van der Waals surface area contributed by atoms with Crippen LogP contribution in [-0.4, -0.2) is 22.0 Å². The zero-order valence-electron chi connectivity index (χ0n) is 10.8. The van der Waals surface area contributed by atoms with Crippen molar-refractivity contribution in [1.29, 1.82) is 0 Å². The second-order valence-electron chi connectivity index (χ2n) is 4.29. The molecule has 0 fully saturated rings. The molecule has 0 atom stereocenters. The predicted molar refractivity (Wildman–Crippen MR) is 84.3 cm³/mol. The number of aromatic nitrogens is 2. The summed E-state index contributed by atoms with van der Waals surface area (Å²) >= 11 is 10.9. The average Bonchev–Trinajstić information content (AvgIpc) is 2.42. The fourth-order valence-electron chi connectivity index (χ4n) is 1.81. The lowest BCUT2D eigenvalue weighted by atomic mass is 10.1. The van der Waals surface area contributed by atoms with Gasteiger partial charge in [-0.15, -0.1) is 0 Å². The van der Waals surface area contributed by atoms with E-state index < -0.39 is 0 Å². The molecule has 0 saturated carbocycles. The van der Waals surface area contributed by atoms with E-state index in [9.17, 15) is 4.79 Å². The molecule has 0 spiro atoms. The molecule has 7 heteroatoms. The summed E-state index contributed by atoms with van der Waals surface area (Å²) in [6.07, 6.45) is 1.32. The summed E-state index contributed by atoms with van der Waals surface area (Å²) < 4.78 is 0. The lowest BCUT2D eigenvalue weighted by Crippen LogP contribution is -2.22. The van der Waals surface area contributed by atoms with Crippen molar-refractivity contribution in [3.05, 3.63) is 57.1 Å². The standard InChI is InChI=1S/C13H13ClN4OS/c1-18(12-10(14)13(19)17-7-16-12)6-8-3-2-4-9(5-8)11(15)20/h2-5,7H,6H2,1H3,(H2,15,20)(H,16,17,19). The Morgan fingerprint density at radius 2 is 2.30 bits per heavy atom. The van der Waals surface area contributed by atoms with Gasteiger partial charge >= 0.3 is 0 Å².